The van der Waals surface area contributed by atoms with Gasteiger partial charge in [-0.3, -0.25) is 4.79 Å². The van der Waals surface area contributed by atoms with E-state index in [1.807, 2.05) is 6.26 Å². The van der Waals surface area contributed by atoms with Crippen molar-refractivity contribution in [1.29, 1.82) is 0 Å². The van der Waals surface area contributed by atoms with Gasteiger partial charge in [0.05, 0.1) is 6.54 Å². The summed E-state index contributed by atoms with van der Waals surface area (Å²) < 4.78 is 0. The first-order chi connectivity index (χ1) is 5.81. The summed E-state index contributed by atoms with van der Waals surface area (Å²) in [6, 6.07) is 0. The van der Waals surface area contributed by atoms with Gasteiger partial charge in [-0.15, -0.1) is 0 Å². The average Bonchev–Trinajstić information content (AvgIpc) is 2.06. The maximum absolute atomic E-state index is 11.0. The van der Waals surface area contributed by atoms with Crippen LogP contribution in [0.25, 0.3) is 0 Å². The molecule has 12 heavy (non-hydrogen) atoms. The zero-order valence-corrected chi connectivity index (χ0v) is 8.67. The molecular weight excluding hydrogens is 172 g/mol. The van der Waals surface area contributed by atoms with Crippen LogP contribution in [-0.4, -0.2) is 37.6 Å². The van der Waals surface area contributed by atoms with E-state index in [1.54, 1.807) is 11.8 Å². The van der Waals surface area contributed by atoms with Crippen molar-refractivity contribution in [3.8, 4) is 0 Å². The van der Waals surface area contributed by atoms with Gasteiger partial charge in [0, 0.05) is 12.3 Å². The minimum atomic E-state index is 0.0949. The van der Waals surface area contributed by atoms with E-state index in [-0.39, 0.29) is 5.91 Å². The van der Waals surface area contributed by atoms with Crippen LogP contribution in [0.15, 0.2) is 0 Å². The van der Waals surface area contributed by atoms with Gasteiger partial charge in [-0.05, 0) is 19.2 Å². The Morgan fingerprint density at radius 1 is 1.42 bits per heavy atom. The van der Waals surface area contributed by atoms with Crippen molar-refractivity contribution in [2.75, 3.05) is 31.6 Å². The van der Waals surface area contributed by atoms with Crippen molar-refractivity contribution < 1.29 is 4.79 Å². The summed E-state index contributed by atoms with van der Waals surface area (Å²) in [4.78, 5) is 11.0. The third kappa shape index (κ3) is 7.88. The summed E-state index contributed by atoms with van der Waals surface area (Å²) in [5.41, 5.74) is 0. The fourth-order valence-corrected chi connectivity index (χ4v) is 1.04. The summed E-state index contributed by atoms with van der Waals surface area (Å²) in [7, 11) is 0. The molecule has 0 saturated carbocycles. The molecule has 3 nitrogen and oxygen atoms in total. The van der Waals surface area contributed by atoms with Crippen LogP contribution in [0, 0.1) is 0 Å². The lowest BCUT2D eigenvalue weighted by Gasteiger charge is -2.04. The van der Waals surface area contributed by atoms with Gasteiger partial charge in [0.1, 0.15) is 0 Å². The molecule has 0 aromatic carbocycles. The number of amides is 1. The first kappa shape index (κ1) is 11.8. The van der Waals surface area contributed by atoms with Crippen molar-refractivity contribution >= 4 is 17.7 Å². The van der Waals surface area contributed by atoms with Crippen molar-refractivity contribution in [2.45, 2.75) is 13.3 Å². The zero-order chi connectivity index (χ0) is 9.23. The average molecular weight is 190 g/mol. The number of hydrogen-bond acceptors (Lipinski definition) is 3. The molecule has 0 aromatic heterocycles. The van der Waals surface area contributed by atoms with Gasteiger partial charge in [-0.2, -0.15) is 11.8 Å². The summed E-state index contributed by atoms with van der Waals surface area (Å²) in [6.07, 6.45) is 3.10. The Bertz CT molecular complexity index is 108. The van der Waals surface area contributed by atoms with Gasteiger partial charge in [-0.1, -0.05) is 6.92 Å². The molecule has 0 aliphatic rings. The third-order valence-corrected chi connectivity index (χ3v) is 1.95. The Kier molecular flexibility index (Phi) is 8.71. The fourth-order valence-electron chi connectivity index (χ4n) is 0.734. The van der Waals surface area contributed by atoms with E-state index in [1.165, 1.54) is 0 Å². The minimum absolute atomic E-state index is 0.0949. The van der Waals surface area contributed by atoms with E-state index in [4.69, 9.17) is 0 Å². The van der Waals surface area contributed by atoms with E-state index in [0.29, 0.717) is 6.54 Å². The van der Waals surface area contributed by atoms with Crippen LogP contribution in [0.4, 0.5) is 0 Å². The molecule has 0 aliphatic carbocycles. The molecule has 0 spiro atoms. The summed E-state index contributed by atoms with van der Waals surface area (Å²) in [6.45, 7) is 4.21. The quantitative estimate of drug-likeness (QED) is 0.573. The molecule has 4 heteroatoms. The van der Waals surface area contributed by atoms with Crippen molar-refractivity contribution in [3.05, 3.63) is 0 Å². The van der Waals surface area contributed by atoms with Crippen LogP contribution in [-0.2, 0) is 4.79 Å². The van der Waals surface area contributed by atoms with E-state index in [0.717, 1.165) is 25.3 Å². The fraction of sp³-hybridized carbons (Fsp3) is 0.875. The molecule has 0 fully saturated rings. The molecule has 0 aliphatic heterocycles. The van der Waals surface area contributed by atoms with Crippen LogP contribution < -0.4 is 10.6 Å². The molecule has 0 aromatic rings. The highest BCUT2D eigenvalue weighted by Gasteiger charge is 1.97. The van der Waals surface area contributed by atoms with Gasteiger partial charge in [0.15, 0.2) is 0 Å². The van der Waals surface area contributed by atoms with Crippen LogP contribution in [0.5, 0.6) is 0 Å². The number of hydrogen-bond donors (Lipinski definition) is 2. The number of nitrogens with one attached hydrogen (secondary N) is 2. The maximum Gasteiger partial charge on any atom is 0.233 e. The second-order valence-corrected chi connectivity index (χ2v) is 3.51. The smallest absolute Gasteiger partial charge is 0.233 e. The van der Waals surface area contributed by atoms with Gasteiger partial charge in [0.25, 0.3) is 0 Å². The molecule has 1 amide bonds. The monoisotopic (exact) mass is 190 g/mol. The standard InChI is InChI=1S/C8H18N2OS/c1-3-4-9-7-8(11)10-5-6-12-2/h9H,3-7H2,1-2H3,(H,10,11). The van der Waals surface area contributed by atoms with Gasteiger partial charge >= 0.3 is 0 Å². The Morgan fingerprint density at radius 2 is 2.17 bits per heavy atom. The molecule has 0 bridgehead atoms. The van der Waals surface area contributed by atoms with E-state index in [2.05, 4.69) is 17.6 Å². The minimum Gasteiger partial charge on any atom is -0.354 e. The number of thioether (sulfide) groups is 1. The molecule has 0 heterocycles. The topological polar surface area (TPSA) is 41.1 Å². The Morgan fingerprint density at radius 3 is 2.75 bits per heavy atom. The third-order valence-electron chi connectivity index (χ3n) is 1.34. The number of carbonyl (C=O) groups is 1. The van der Waals surface area contributed by atoms with E-state index < -0.39 is 0 Å². The highest BCUT2D eigenvalue weighted by atomic mass is 32.2. The molecule has 2 N–H and O–H groups in total. The SMILES string of the molecule is CCCNCC(=O)NCCSC. The molecule has 0 unspecified atom stereocenters. The van der Waals surface area contributed by atoms with Gasteiger partial charge < -0.3 is 10.6 Å². The molecule has 72 valence electrons. The molecule has 0 radical (unpaired) electrons. The largest absolute Gasteiger partial charge is 0.354 e. The van der Waals surface area contributed by atoms with E-state index >= 15 is 0 Å². The lowest BCUT2D eigenvalue weighted by atomic mass is 10.4. The predicted molar refractivity (Wildman–Crippen MR) is 54.6 cm³/mol. The molecule has 0 rings (SSSR count). The highest BCUT2D eigenvalue weighted by Crippen LogP contribution is 1.86. The first-order valence-corrected chi connectivity index (χ1v) is 5.67. The number of carbonyl (C=O) groups excluding carboxylic acids is 1. The van der Waals surface area contributed by atoms with Crippen LogP contribution in [0.3, 0.4) is 0 Å². The van der Waals surface area contributed by atoms with Crippen LogP contribution >= 0.6 is 11.8 Å². The second-order valence-electron chi connectivity index (χ2n) is 2.52. The lowest BCUT2D eigenvalue weighted by Crippen LogP contribution is -2.35. The Balaban J connectivity index is 3.10. The first-order valence-electron chi connectivity index (χ1n) is 4.27. The van der Waals surface area contributed by atoms with Gasteiger partial charge in [0.2, 0.25) is 5.91 Å². The molecular formula is C8H18N2OS. The zero-order valence-electron chi connectivity index (χ0n) is 7.85. The Labute approximate surface area is 78.7 Å². The van der Waals surface area contributed by atoms with Crippen molar-refractivity contribution in [3.63, 3.8) is 0 Å². The van der Waals surface area contributed by atoms with Crippen LogP contribution in [0.2, 0.25) is 0 Å². The molecule has 0 atom stereocenters. The summed E-state index contributed by atoms with van der Waals surface area (Å²) in [5, 5.41) is 5.86. The van der Waals surface area contributed by atoms with Crippen molar-refractivity contribution in [1.82, 2.24) is 10.6 Å². The predicted octanol–water partition coefficient (Wildman–Crippen LogP) is 0.465. The van der Waals surface area contributed by atoms with Gasteiger partial charge in [-0.25, -0.2) is 0 Å². The second kappa shape index (κ2) is 8.87. The maximum atomic E-state index is 11.0. The summed E-state index contributed by atoms with van der Waals surface area (Å²) >= 11 is 1.74. The van der Waals surface area contributed by atoms with E-state index in [9.17, 15) is 4.79 Å². The van der Waals surface area contributed by atoms with Crippen LogP contribution in [0.1, 0.15) is 13.3 Å². The highest BCUT2D eigenvalue weighted by molar-refractivity contribution is 7.98. The normalized spacial score (nSPS) is 9.83. The van der Waals surface area contributed by atoms with Crippen molar-refractivity contribution in [2.24, 2.45) is 0 Å². The Hall–Kier alpha value is -0.220. The lowest BCUT2D eigenvalue weighted by molar-refractivity contribution is -0.120. The summed E-state index contributed by atoms with van der Waals surface area (Å²) in [5.74, 6) is 1.08. The number of rotatable bonds is 7. The molecule has 0 saturated heterocycles.